The van der Waals surface area contributed by atoms with Crippen LogP contribution >= 0.6 is 0 Å². The molecule has 1 unspecified atom stereocenters. The summed E-state index contributed by atoms with van der Waals surface area (Å²) in [5.41, 5.74) is 0. The number of sulfonamides is 1. The summed E-state index contributed by atoms with van der Waals surface area (Å²) in [4.78, 5) is 0. The van der Waals surface area contributed by atoms with E-state index in [0.717, 1.165) is 0 Å². The molecular formula is C9H22N2O3S. The lowest BCUT2D eigenvalue weighted by molar-refractivity contribution is 0.147. The largest absolute Gasteiger partial charge is 0.383 e. The van der Waals surface area contributed by atoms with Gasteiger partial charge in [-0.05, 0) is 18.9 Å². The summed E-state index contributed by atoms with van der Waals surface area (Å²) in [7, 11) is -1.67. The Morgan fingerprint density at radius 1 is 1.40 bits per heavy atom. The van der Waals surface area contributed by atoms with Crippen LogP contribution < -0.4 is 10.5 Å². The molecule has 0 radical (unpaired) electrons. The second kappa shape index (κ2) is 7.16. The van der Waals surface area contributed by atoms with Gasteiger partial charge in [0.2, 0.25) is 10.0 Å². The van der Waals surface area contributed by atoms with Gasteiger partial charge in [-0.1, -0.05) is 13.8 Å². The maximum atomic E-state index is 10.7. The van der Waals surface area contributed by atoms with Crippen molar-refractivity contribution in [3.05, 3.63) is 0 Å². The van der Waals surface area contributed by atoms with Gasteiger partial charge in [0.25, 0.3) is 0 Å². The van der Waals surface area contributed by atoms with Crippen molar-refractivity contribution in [3.8, 4) is 0 Å². The normalized spacial score (nSPS) is 14.5. The van der Waals surface area contributed by atoms with Gasteiger partial charge in [0.1, 0.15) is 0 Å². The summed E-state index contributed by atoms with van der Waals surface area (Å²) in [6.45, 7) is 5.46. The highest BCUT2D eigenvalue weighted by atomic mass is 32.2. The maximum Gasteiger partial charge on any atom is 0.209 e. The van der Waals surface area contributed by atoms with Crippen molar-refractivity contribution in [1.82, 2.24) is 5.32 Å². The first kappa shape index (κ1) is 14.8. The van der Waals surface area contributed by atoms with Gasteiger partial charge >= 0.3 is 0 Å². The number of hydrogen-bond acceptors (Lipinski definition) is 4. The van der Waals surface area contributed by atoms with Gasteiger partial charge in [0.05, 0.1) is 12.4 Å². The molecule has 0 rings (SSSR count). The van der Waals surface area contributed by atoms with Crippen LogP contribution in [0.25, 0.3) is 0 Å². The molecule has 0 saturated heterocycles. The van der Waals surface area contributed by atoms with Crippen LogP contribution in [0, 0.1) is 5.92 Å². The van der Waals surface area contributed by atoms with Gasteiger partial charge < -0.3 is 10.1 Å². The smallest absolute Gasteiger partial charge is 0.209 e. The molecule has 6 heteroatoms. The van der Waals surface area contributed by atoms with E-state index in [9.17, 15) is 8.42 Å². The molecule has 92 valence electrons. The van der Waals surface area contributed by atoms with Crippen molar-refractivity contribution in [2.24, 2.45) is 11.1 Å². The Bertz CT molecular complexity index is 252. The zero-order valence-corrected chi connectivity index (χ0v) is 10.5. The van der Waals surface area contributed by atoms with E-state index in [1.54, 1.807) is 7.11 Å². The molecular weight excluding hydrogens is 216 g/mol. The fraction of sp³-hybridized carbons (Fsp3) is 1.00. The quantitative estimate of drug-likeness (QED) is 0.580. The average Bonchev–Trinajstić information content (AvgIpc) is 2.08. The summed E-state index contributed by atoms with van der Waals surface area (Å²) >= 11 is 0. The summed E-state index contributed by atoms with van der Waals surface area (Å²) in [6, 6.07) is 0.260. The molecule has 0 heterocycles. The van der Waals surface area contributed by atoms with Crippen molar-refractivity contribution in [3.63, 3.8) is 0 Å². The number of rotatable bonds is 8. The highest BCUT2D eigenvalue weighted by molar-refractivity contribution is 7.89. The first-order chi connectivity index (χ1) is 6.87. The molecule has 0 spiro atoms. The first-order valence-corrected chi connectivity index (χ1v) is 6.81. The zero-order chi connectivity index (χ0) is 11.9. The Kier molecular flexibility index (Phi) is 7.08. The van der Waals surface area contributed by atoms with E-state index in [1.807, 2.05) is 0 Å². The predicted octanol–water partition coefficient (Wildman–Crippen LogP) is -0.0744. The van der Waals surface area contributed by atoms with Gasteiger partial charge in [0.15, 0.2) is 0 Å². The van der Waals surface area contributed by atoms with Crippen LogP contribution in [0.4, 0.5) is 0 Å². The molecule has 0 aliphatic rings. The van der Waals surface area contributed by atoms with Crippen LogP contribution in [0.5, 0.6) is 0 Å². The molecule has 3 N–H and O–H groups in total. The van der Waals surface area contributed by atoms with Gasteiger partial charge in [-0.15, -0.1) is 0 Å². The van der Waals surface area contributed by atoms with Crippen LogP contribution in [0.2, 0.25) is 0 Å². The van der Waals surface area contributed by atoms with E-state index in [-0.39, 0.29) is 11.8 Å². The molecule has 5 nitrogen and oxygen atoms in total. The Labute approximate surface area is 92.4 Å². The zero-order valence-electron chi connectivity index (χ0n) is 9.69. The van der Waals surface area contributed by atoms with E-state index in [0.29, 0.717) is 25.5 Å². The molecule has 15 heavy (non-hydrogen) atoms. The first-order valence-electron chi connectivity index (χ1n) is 5.09. The summed E-state index contributed by atoms with van der Waals surface area (Å²) < 4.78 is 26.4. The Morgan fingerprint density at radius 3 is 2.40 bits per heavy atom. The Balaban J connectivity index is 3.72. The van der Waals surface area contributed by atoms with Gasteiger partial charge in [0, 0.05) is 13.2 Å². The van der Waals surface area contributed by atoms with Crippen LogP contribution in [0.15, 0.2) is 0 Å². The molecule has 0 bridgehead atoms. The fourth-order valence-electron chi connectivity index (χ4n) is 1.23. The van der Waals surface area contributed by atoms with Crippen LogP contribution in [0.1, 0.15) is 20.3 Å². The molecule has 0 aliphatic carbocycles. The molecule has 0 aromatic carbocycles. The number of methoxy groups -OCH3 is 1. The molecule has 0 aromatic heterocycles. The number of ether oxygens (including phenoxy) is 1. The number of primary sulfonamides is 1. The van der Waals surface area contributed by atoms with Gasteiger partial charge in [-0.3, -0.25) is 0 Å². The minimum Gasteiger partial charge on any atom is -0.383 e. The third kappa shape index (κ3) is 8.80. The lowest BCUT2D eigenvalue weighted by Gasteiger charge is -2.21. The van der Waals surface area contributed by atoms with E-state index in [4.69, 9.17) is 9.88 Å². The standard InChI is InChI=1S/C9H22N2O3S/c1-8(2)9(7-14-3)11-5-4-6-15(10,12)13/h8-9,11H,4-7H2,1-3H3,(H2,10,12,13). The summed E-state index contributed by atoms with van der Waals surface area (Å²) in [6.07, 6.45) is 0.533. The van der Waals surface area contributed by atoms with Gasteiger partial charge in [-0.2, -0.15) is 0 Å². The fourth-order valence-corrected chi connectivity index (χ4v) is 1.77. The van der Waals surface area contributed by atoms with Crippen molar-refractivity contribution < 1.29 is 13.2 Å². The second-order valence-corrected chi connectivity index (χ2v) is 5.71. The van der Waals surface area contributed by atoms with E-state index in [1.165, 1.54) is 0 Å². The van der Waals surface area contributed by atoms with Crippen molar-refractivity contribution >= 4 is 10.0 Å². The third-order valence-corrected chi connectivity index (χ3v) is 3.02. The Morgan fingerprint density at radius 2 is 2.00 bits per heavy atom. The number of hydrogen-bond donors (Lipinski definition) is 2. The maximum absolute atomic E-state index is 10.7. The molecule has 0 amide bonds. The second-order valence-electron chi connectivity index (χ2n) is 3.98. The average molecular weight is 238 g/mol. The molecule has 0 aliphatic heterocycles. The van der Waals surface area contributed by atoms with E-state index < -0.39 is 10.0 Å². The SMILES string of the molecule is COCC(NCCCS(N)(=O)=O)C(C)C. The van der Waals surface area contributed by atoms with Crippen LogP contribution in [-0.2, 0) is 14.8 Å². The predicted molar refractivity (Wildman–Crippen MR) is 61.1 cm³/mol. The molecule has 0 fully saturated rings. The topological polar surface area (TPSA) is 81.4 Å². The number of nitrogens with two attached hydrogens (primary N) is 1. The highest BCUT2D eigenvalue weighted by Crippen LogP contribution is 2.01. The van der Waals surface area contributed by atoms with Crippen LogP contribution in [0.3, 0.4) is 0 Å². The molecule has 0 aromatic rings. The van der Waals surface area contributed by atoms with E-state index >= 15 is 0 Å². The van der Waals surface area contributed by atoms with Gasteiger partial charge in [-0.25, -0.2) is 13.6 Å². The molecule has 0 saturated carbocycles. The van der Waals surface area contributed by atoms with Crippen molar-refractivity contribution in [2.75, 3.05) is 26.0 Å². The Hall–Kier alpha value is -0.170. The minimum atomic E-state index is -3.33. The lowest BCUT2D eigenvalue weighted by Crippen LogP contribution is -2.38. The summed E-state index contributed by atoms with van der Waals surface area (Å²) in [5.74, 6) is 0.483. The summed E-state index contributed by atoms with van der Waals surface area (Å²) in [5, 5.41) is 8.14. The monoisotopic (exact) mass is 238 g/mol. The van der Waals surface area contributed by atoms with Crippen molar-refractivity contribution in [2.45, 2.75) is 26.3 Å². The third-order valence-electron chi connectivity index (χ3n) is 2.16. The van der Waals surface area contributed by atoms with Crippen molar-refractivity contribution in [1.29, 1.82) is 0 Å². The number of nitrogens with one attached hydrogen (secondary N) is 1. The van der Waals surface area contributed by atoms with Crippen LogP contribution in [-0.4, -0.2) is 40.5 Å². The van der Waals surface area contributed by atoms with E-state index in [2.05, 4.69) is 19.2 Å². The lowest BCUT2D eigenvalue weighted by atomic mass is 10.1. The minimum absolute atomic E-state index is 0.0256. The highest BCUT2D eigenvalue weighted by Gasteiger charge is 2.12. The molecule has 1 atom stereocenters.